The quantitative estimate of drug-likeness (QED) is 0.261. The van der Waals surface area contributed by atoms with Gasteiger partial charge in [0.05, 0.1) is 23.5 Å². The molecule has 0 saturated carbocycles. The second kappa shape index (κ2) is 5.35. The normalized spacial score (nSPS) is 25.5. The van der Waals surface area contributed by atoms with Gasteiger partial charge in [0.2, 0.25) is 5.91 Å². The van der Waals surface area contributed by atoms with Crippen molar-refractivity contribution in [2.45, 2.75) is 25.8 Å². The summed E-state index contributed by atoms with van der Waals surface area (Å²) < 4.78 is 22.4. The highest BCUT2D eigenvalue weighted by Crippen LogP contribution is 2.18. The van der Waals surface area contributed by atoms with Gasteiger partial charge in [0.1, 0.15) is 0 Å². The van der Waals surface area contributed by atoms with Gasteiger partial charge >= 0.3 is 0 Å². The van der Waals surface area contributed by atoms with Gasteiger partial charge in [-0.25, -0.2) is 8.42 Å². The van der Waals surface area contributed by atoms with Crippen molar-refractivity contribution in [3.05, 3.63) is 0 Å². The van der Waals surface area contributed by atoms with Crippen LogP contribution >= 0.6 is 0 Å². The number of hydrogen-bond donors (Lipinski definition) is 3. The van der Waals surface area contributed by atoms with Crippen molar-refractivity contribution in [1.82, 2.24) is 5.32 Å². The molecule has 2 unspecified atom stereocenters. The van der Waals surface area contributed by atoms with E-state index in [9.17, 15) is 13.2 Å². The zero-order valence-electron chi connectivity index (χ0n) is 9.59. The molecule has 1 heterocycles. The molecule has 98 valence electrons. The summed E-state index contributed by atoms with van der Waals surface area (Å²) in [7, 11) is -3.08. The lowest BCUT2D eigenvalue weighted by Crippen LogP contribution is -2.46. The molecule has 2 atom stereocenters. The summed E-state index contributed by atoms with van der Waals surface area (Å²) in [5.74, 6) is -1.04. The highest BCUT2D eigenvalue weighted by Gasteiger charge is 2.33. The number of amidine groups is 1. The maximum absolute atomic E-state index is 11.8. The Bertz CT molecular complexity index is 418. The third-order valence-corrected chi connectivity index (χ3v) is 4.57. The van der Waals surface area contributed by atoms with Gasteiger partial charge in [0.15, 0.2) is 15.7 Å². The van der Waals surface area contributed by atoms with Gasteiger partial charge < -0.3 is 16.3 Å². The molecule has 1 aliphatic heterocycles. The first-order chi connectivity index (χ1) is 7.89. The monoisotopic (exact) mass is 263 g/mol. The number of rotatable bonds is 4. The first-order valence-electron chi connectivity index (χ1n) is 5.37. The Kier molecular flexibility index (Phi) is 4.33. The Labute approximate surface area is 100.0 Å². The van der Waals surface area contributed by atoms with E-state index in [1.807, 2.05) is 0 Å². The molecule has 0 spiro atoms. The van der Waals surface area contributed by atoms with E-state index < -0.39 is 21.8 Å². The van der Waals surface area contributed by atoms with Crippen molar-refractivity contribution in [2.75, 3.05) is 11.5 Å². The summed E-state index contributed by atoms with van der Waals surface area (Å²) in [6, 6.07) is -0.559. The van der Waals surface area contributed by atoms with Gasteiger partial charge in [-0.2, -0.15) is 0 Å². The fraction of sp³-hybridized carbons (Fsp3) is 0.778. The third kappa shape index (κ3) is 3.58. The number of nitrogens with zero attached hydrogens (tertiary/aromatic N) is 1. The number of carbonyl (C=O) groups is 1. The van der Waals surface area contributed by atoms with Crippen LogP contribution < -0.4 is 11.1 Å². The number of hydrogen-bond acceptors (Lipinski definition) is 5. The average molecular weight is 263 g/mol. The molecule has 17 heavy (non-hydrogen) atoms. The molecule has 0 bridgehead atoms. The molecular weight excluding hydrogens is 246 g/mol. The maximum atomic E-state index is 11.8. The zero-order chi connectivity index (χ0) is 13.1. The molecule has 0 aromatic heterocycles. The van der Waals surface area contributed by atoms with Gasteiger partial charge in [0, 0.05) is 0 Å². The Balaban J connectivity index is 2.61. The number of oxime groups is 1. The lowest BCUT2D eigenvalue weighted by molar-refractivity contribution is -0.124. The van der Waals surface area contributed by atoms with E-state index in [2.05, 4.69) is 10.5 Å². The van der Waals surface area contributed by atoms with E-state index in [4.69, 9.17) is 10.9 Å². The van der Waals surface area contributed by atoms with Crippen LogP contribution in [0, 0.1) is 5.92 Å². The van der Waals surface area contributed by atoms with Crippen LogP contribution in [0.15, 0.2) is 5.16 Å². The Morgan fingerprint density at radius 1 is 1.65 bits per heavy atom. The van der Waals surface area contributed by atoms with E-state index in [-0.39, 0.29) is 23.2 Å². The van der Waals surface area contributed by atoms with Crippen molar-refractivity contribution in [3.63, 3.8) is 0 Å². The molecule has 1 amide bonds. The van der Waals surface area contributed by atoms with Gasteiger partial charge in [-0.1, -0.05) is 12.1 Å². The molecule has 1 rings (SSSR count). The Morgan fingerprint density at radius 3 is 2.71 bits per heavy atom. The molecule has 7 nitrogen and oxygen atoms in total. The number of carbonyl (C=O) groups excluding carboxylic acids is 1. The summed E-state index contributed by atoms with van der Waals surface area (Å²) in [6.45, 7) is 1.77. The third-order valence-electron chi connectivity index (χ3n) is 2.80. The molecule has 8 heteroatoms. The Morgan fingerprint density at radius 2 is 2.29 bits per heavy atom. The molecule has 1 fully saturated rings. The van der Waals surface area contributed by atoms with E-state index in [0.717, 1.165) is 0 Å². The molecule has 1 aliphatic rings. The summed E-state index contributed by atoms with van der Waals surface area (Å²) in [6.07, 6.45) is 0.807. The lowest BCUT2D eigenvalue weighted by atomic mass is 10.1. The highest BCUT2D eigenvalue weighted by molar-refractivity contribution is 7.91. The summed E-state index contributed by atoms with van der Waals surface area (Å²) >= 11 is 0. The standard InChI is InChI=1S/C9H17N3O4S/c1-2-7(8(10)12-14)11-9(13)6-3-4-17(15,16)5-6/h6-7,14H,2-5H2,1H3,(H2,10,12)(H,11,13). The number of nitrogens with one attached hydrogen (secondary N) is 1. The van der Waals surface area contributed by atoms with Crippen molar-refractivity contribution < 1.29 is 18.4 Å². The van der Waals surface area contributed by atoms with Crippen LogP contribution in [0.2, 0.25) is 0 Å². The van der Waals surface area contributed by atoms with Crippen LogP contribution in [0.5, 0.6) is 0 Å². The second-order valence-electron chi connectivity index (χ2n) is 4.09. The van der Waals surface area contributed by atoms with E-state index in [1.54, 1.807) is 6.92 Å². The zero-order valence-corrected chi connectivity index (χ0v) is 10.4. The van der Waals surface area contributed by atoms with Crippen LogP contribution in [-0.4, -0.2) is 42.9 Å². The number of sulfone groups is 1. The molecule has 0 aliphatic carbocycles. The average Bonchev–Trinajstić information content (AvgIpc) is 2.65. The van der Waals surface area contributed by atoms with Gasteiger partial charge in [-0.3, -0.25) is 4.79 Å². The fourth-order valence-electron chi connectivity index (χ4n) is 1.75. The lowest BCUT2D eigenvalue weighted by Gasteiger charge is -2.17. The van der Waals surface area contributed by atoms with E-state index in [0.29, 0.717) is 12.8 Å². The minimum atomic E-state index is -3.08. The molecular formula is C9H17N3O4S. The first-order valence-corrected chi connectivity index (χ1v) is 7.20. The molecule has 0 aromatic carbocycles. The SMILES string of the molecule is CCC(NC(=O)C1CCS(=O)(=O)C1)C(N)=NO. The summed E-state index contributed by atoms with van der Waals surface area (Å²) in [5.41, 5.74) is 5.40. The van der Waals surface area contributed by atoms with Gasteiger partial charge in [-0.15, -0.1) is 0 Å². The molecule has 0 aromatic rings. The van der Waals surface area contributed by atoms with Crippen LogP contribution in [0.3, 0.4) is 0 Å². The van der Waals surface area contributed by atoms with Crippen molar-refractivity contribution in [3.8, 4) is 0 Å². The van der Waals surface area contributed by atoms with Gasteiger partial charge in [0.25, 0.3) is 0 Å². The van der Waals surface area contributed by atoms with Crippen molar-refractivity contribution in [2.24, 2.45) is 16.8 Å². The smallest absolute Gasteiger partial charge is 0.224 e. The Hall–Kier alpha value is -1.31. The van der Waals surface area contributed by atoms with Crippen LogP contribution in [0.4, 0.5) is 0 Å². The predicted octanol–water partition coefficient (Wildman–Crippen LogP) is -0.938. The topological polar surface area (TPSA) is 122 Å². The number of amides is 1. The number of nitrogens with two attached hydrogens (primary N) is 1. The predicted molar refractivity (Wildman–Crippen MR) is 62.4 cm³/mol. The van der Waals surface area contributed by atoms with E-state index in [1.165, 1.54) is 0 Å². The molecule has 1 saturated heterocycles. The van der Waals surface area contributed by atoms with Crippen molar-refractivity contribution in [1.29, 1.82) is 0 Å². The van der Waals surface area contributed by atoms with Crippen LogP contribution in [0.1, 0.15) is 19.8 Å². The summed E-state index contributed by atoms with van der Waals surface area (Å²) in [4.78, 5) is 11.8. The van der Waals surface area contributed by atoms with Crippen LogP contribution in [0.25, 0.3) is 0 Å². The van der Waals surface area contributed by atoms with Crippen molar-refractivity contribution >= 4 is 21.6 Å². The van der Waals surface area contributed by atoms with E-state index >= 15 is 0 Å². The summed E-state index contributed by atoms with van der Waals surface area (Å²) in [5, 5.41) is 13.9. The second-order valence-corrected chi connectivity index (χ2v) is 6.32. The van der Waals surface area contributed by atoms with Gasteiger partial charge in [-0.05, 0) is 12.8 Å². The maximum Gasteiger partial charge on any atom is 0.224 e. The minimum absolute atomic E-state index is 0.0471. The molecule has 0 radical (unpaired) electrons. The first kappa shape index (κ1) is 13.8. The highest BCUT2D eigenvalue weighted by atomic mass is 32.2. The van der Waals surface area contributed by atoms with Crippen LogP contribution in [-0.2, 0) is 14.6 Å². The largest absolute Gasteiger partial charge is 0.409 e. The fourth-order valence-corrected chi connectivity index (χ4v) is 3.49. The minimum Gasteiger partial charge on any atom is -0.409 e. The molecule has 4 N–H and O–H groups in total.